The Morgan fingerprint density at radius 2 is 1.47 bits per heavy atom. The number of hydroxylamine groups is 1. The standard InChI is InChI=1S/C27H26ClN3O3/c1-3-29(4-2)20-14-10-18(11-15-20)24-23-25(34-31(24)22-8-6-5-7-9-22)27(33)30(26(23)32)21-16-12-19(28)13-17-21/h5-17,23-25H,3-4H2,1-2H3/t23-,24+,25+/m0/s1. The maximum absolute atomic E-state index is 13.7. The van der Waals surface area contributed by atoms with E-state index < -0.39 is 18.1 Å². The molecular formula is C27H26ClN3O3. The molecule has 7 heteroatoms. The number of hydrogen-bond donors (Lipinski definition) is 0. The molecule has 2 heterocycles. The van der Waals surface area contributed by atoms with Gasteiger partial charge in [-0.25, -0.2) is 9.96 Å². The number of anilines is 3. The highest BCUT2D eigenvalue weighted by molar-refractivity contribution is 6.31. The molecule has 0 N–H and O–H groups in total. The zero-order valence-electron chi connectivity index (χ0n) is 19.1. The summed E-state index contributed by atoms with van der Waals surface area (Å²) in [5.41, 5.74) is 3.34. The van der Waals surface area contributed by atoms with E-state index in [0.29, 0.717) is 10.7 Å². The maximum atomic E-state index is 13.7. The normalized spacial score (nSPS) is 21.8. The van der Waals surface area contributed by atoms with E-state index >= 15 is 0 Å². The van der Waals surface area contributed by atoms with Crippen LogP contribution in [0.4, 0.5) is 17.1 Å². The number of carbonyl (C=O) groups is 2. The van der Waals surface area contributed by atoms with E-state index in [2.05, 4.69) is 30.9 Å². The number of hydrogen-bond acceptors (Lipinski definition) is 5. The van der Waals surface area contributed by atoms with Crippen molar-refractivity contribution in [2.75, 3.05) is 28.0 Å². The number of carbonyl (C=O) groups excluding carboxylic acids is 2. The number of para-hydroxylation sites is 1. The number of imide groups is 1. The van der Waals surface area contributed by atoms with E-state index in [1.165, 1.54) is 4.90 Å². The van der Waals surface area contributed by atoms with Gasteiger partial charge in [-0.1, -0.05) is 41.9 Å². The van der Waals surface area contributed by atoms with Crippen molar-refractivity contribution in [3.05, 3.63) is 89.4 Å². The topological polar surface area (TPSA) is 53.1 Å². The fourth-order valence-electron chi connectivity index (χ4n) is 4.87. The Balaban J connectivity index is 1.54. The van der Waals surface area contributed by atoms with Crippen molar-refractivity contribution in [1.29, 1.82) is 0 Å². The molecule has 0 bridgehead atoms. The lowest BCUT2D eigenvalue weighted by Gasteiger charge is -2.29. The van der Waals surface area contributed by atoms with Crippen LogP contribution in [0.3, 0.4) is 0 Å². The van der Waals surface area contributed by atoms with Crippen LogP contribution in [0.2, 0.25) is 5.02 Å². The van der Waals surface area contributed by atoms with Crippen LogP contribution in [0.15, 0.2) is 78.9 Å². The minimum Gasteiger partial charge on any atom is -0.372 e. The summed E-state index contributed by atoms with van der Waals surface area (Å²) in [5, 5.41) is 2.26. The third kappa shape index (κ3) is 3.73. The fourth-order valence-corrected chi connectivity index (χ4v) is 4.99. The summed E-state index contributed by atoms with van der Waals surface area (Å²) >= 11 is 6.01. The lowest BCUT2D eigenvalue weighted by molar-refractivity contribution is -0.126. The predicted molar refractivity (Wildman–Crippen MR) is 134 cm³/mol. The summed E-state index contributed by atoms with van der Waals surface area (Å²) < 4.78 is 0. The van der Waals surface area contributed by atoms with Crippen molar-refractivity contribution < 1.29 is 14.4 Å². The van der Waals surface area contributed by atoms with Gasteiger partial charge in [0.15, 0.2) is 6.10 Å². The quantitative estimate of drug-likeness (QED) is 0.456. The van der Waals surface area contributed by atoms with Crippen molar-refractivity contribution in [2.24, 2.45) is 5.92 Å². The van der Waals surface area contributed by atoms with Gasteiger partial charge in [0.2, 0.25) is 5.91 Å². The summed E-state index contributed by atoms with van der Waals surface area (Å²) in [7, 11) is 0. The van der Waals surface area contributed by atoms with Gasteiger partial charge in [-0.2, -0.15) is 0 Å². The zero-order chi connectivity index (χ0) is 23.8. The molecule has 2 amide bonds. The molecule has 2 aliphatic heterocycles. The second kappa shape index (κ2) is 9.12. The molecule has 0 aromatic heterocycles. The second-order valence-corrected chi connectivity index (χ2v) is 8.85. The number of fused-ring (bicyclic) bond motifs is 1. The van der Waals surface area contributed by atoms with Crippen LogP contribution in [-0.2, 0) is 14.4 Å². The molecule has 5 rings (SSSR count). The van der Waals surface area contributed by atoms with Gasteiger partial charge in [0.25, 0.3) is 5.91 Å². The van der Waals surface area contributed by atoms with Gasteiger partial charge in [0.1, 0.15) is 5.92 Å². The smallest absolute Gasteiger partial charge is 0.266 e. The maximum Gasteiger partial charge on any atom is 0.266 e. The molecule has 0 spiro atoms. The van der Waals surface area contributed by atoms with Crippen molar-refractivity contribution in [3.63, 3.8) is 0 Å². The van der Waals surface area contributed by atoms with Crippen LogP contribution < -0.4 is 14.9 Å². The van der Waals surface area contributed by atoms with Crippen LogP contribution in [0.1, 0.15) is 25.5 Å². The Kier molecular flexibility index (Phi) is 6.02. The molecule has 2 aliphatic rings. The highest BCUT2D eigenvalue weighted by Gasteiger charge is 2.60. The fraction of sp³-hybridized carbons (Fsp3) is 0.259. The highest BCUT2D eigenvalue weighted by atomic mass is 35.5. The molecule has 0 aliphatic carbocycles. The van der Waals surface area contributed by atoms with Gasteiger partial charge in [0.05, 0.1) is 17.4 Å². The average molecular weight is 476 g/mol. The number of benzene rings is 3. The SMILES string of the molecule is CCN(CC)c1ccc([C@@H]2[C@@H]3C(=O)N(c4ccc(Cl)cc4)C(=O)[C@@H]3ON2c2ccccc2)cc1. The summed E-state index contributed by atoms with van der Waals surface area (Å²) in [4.78, 5) is 36.7. The van der Waals surface area contributed by atoms with Crippen LogP contribution in [0.25, 0.3) is 0 Å². The van der Waals surface area contributed by atoms with Gasteiger partial charge in [-0.3, -0.25) is 14.4 Å². The van der Waals surface area contributed by atoms with Crippen molar-refractivity contribution in [2.45, 2.75) is 26.0 Å². The van der Waals surface area contributed by atoms with Gasteiger partial charge in [-0.05, 0) is 67.9 Å². The Labute approximate surface area is 204 Å². The third-order valence-corrected chi connectivity index (χ3v) is 6.83. The van der Waals surface area contributed by atoms with E-state index in [1.807, 2.05) is 42.5 Å². The molecule has 3 aromatic carbocycles. The van der Waals surface area contributed by atoms with Crippen LogP contribution in [0, 0.1) is 5.92 Å². The molecule has 0 radical (unpaired) electrons. The van der Waals surface area contributed by atoms with Crippen LogP contribution in [0.5, 0.6) is 0 Å². The number of halogens is 1. The number of nitrogens with zero attached hydrogens (tertiary/aromatic N) is 3. The van der Waals surface area contributed by atoms with E-state index in [-0.39, 0.29) is 11.8 Å². The van der Waals surface area contributed by atoms with Crippen LogP contribution >= 0.6 is 11.6 Å². The Morgan fingerprint density at radius 3 is 2.09 bits per heavy atom. The van der Waals surface area contributed by atoms with Crippen molar-refractivity contribution in [1.82, 2.24) is 0 Å². The highest BCUT2D eigenvalue weighted by Crippen LogP contribution is 2.47. The molecule has 34 heavy (non-hydrogen) atoms. The Bertz CT molecular complexity index is 1180. The van der Waals surface area contributed by atoms with E-state index in [9.17, 15) is 9.59 Å². The minimum atomic E-state index is -0.893. The molecular weight excluding hydrogens is 450 g/mol. The van der Waals surface area contributed by atoms with Gasteiger partial charge < -0.3 is 4.90 Å². The summed E-state index contributed by atoms with van der Waals surface area (Å²) in [5.74, 6) is -1.29. The number of rotatable bonds is 6. The summed E-state index contributed by atoms with van der Waals surface area (Å²) in [6, 6.07) is 24.1. The molecule has 6 nitrogen and oxygen atoms in total. The lowest BCUT2D eigenvalue weighted by atomic mass is 9.90. The van der Waals surface area contributed by atoms with Gasteiger partial charge >= 0.3 is 0 Å². The average Bonchev–Trinajstić information content (AvgIpc) is 3.38. The molecule has 2 saturated heterocycles. The molecule has 2 fully saturated rings. The van der Waals surface area contributed by atoms with Gasteiger partial charge in [0, 0.05) is 23.8 Å². The van der Waals surface area contributed by atoms with Crippen molar-refractivity contribution >= 4 is 40.5 Å². The van der Waals surface area contributed by atoms with Gasteiger partial charge in [-0.15, -0.1) is 0 Å². The molecule has 174 valence electrons. The molecule has 0 saturated carbocycles. The van der Waals surface area contributed by atoms with E-state index in [4.69, 9.17) is 16.4 Å². The summed E-state index contributed by atoms with van der Waals surface area (Å²) in [6.07, 6.45) is -0.893. The first-order valence-electron chi connectivity index (χ1n) is 11.5. The Hall–Kier alpha value is -3.35. The molecule has 3 aromatic rings. The first kappa shape index (κ1) is 22.4. The minimum absolute atomic E-state index is 0.270. The zero-order valence-corrected chi connectivity index (χ0v) is 19.9. The monoisotopic (exact) mass is 475 g/mol. The largest absolute Gasteiger partial charge is 0.372 e. The first-order chi connectivity index (χ1) is 16.5. The number of amides is 2. The second-order valence-electron chi connectivity index (χ2n) is 8.41. The van der Waals surface area contributed by atoms with E-state index in [0.717, 1.165) is 30.0 Å². The van der Waals surface area contributed by atoms with Crippen molar-refractivity contribution in [3.8, 4) is 0 Å². The molecule has 0 unspecified atom stereocenters. The Morgan fingerprint density at radius 1 is 0.824 bits per heavy atom. The third-order valence-electron chi connectivity index (χ3n) is 6.57. The molecule has 3 atom stereocenters. The lowest BCUT2D eigenvalue weighted by Crippen LogP contribution is -2.37. The first-order valence-corrected chi connectivity index (χ1v) is 11.9. The summed E-state index contributed by atoms with van der Waals surface area (Å²) in [6.45, 7) is 6.06. The van der Waals surface area contributed by atoms with E-state index in [1.54, 1.807) is 29.3 Å². The van der Waals surface area contributed by atoms with Crippen LogP contribution in [-0.4, -0.2) is 31.0 Å². The predicted octanol–water partition coefficient (Wildman–Crippen LogP) is 5.24.